The van der Waals surface area contributed by atoms with E-state index in [4.69, 9.17) is 10.00 Å². The Bertz CT molecular complexity index is 822. The van der Waals surface area contributed by atoms with Gasteiger partial charge in [0.15, 0.2) is 0 Å². The van der Waals surface area contributed by atoms with Gasteiger partial charge in [0.2, 0.25) is 0 Å². The van der Waals surface area contributed by atoms with Crippen molar-refractivity contribution in [1.82, 2.24) is 10.2 Å². The van der Waals surface area contributed by atoms with E-state index in [0.717, 1.165) is 43.9 Å². The molecule has 5 heteroatoms. The zero-order valence-corrected chi connectivity index (χ0v) is 15.6. The summed E-state index contributed by atoms with van der Waals surface area (Å²) in [6.45, 7) is 6.12. The van der Waals surface area contributed by atoms with Gasteiger partial charge in [-0.3, -0.25) is 9.69 Å². The molecule has 140 valence electrons. The number of rotatable bonds is 6. The molecule has 0 bridgehead atoms. The van der Waals surface area contributed by atoms with Crippen molar-refractivity contribution in [3.63, 3.8) is 0 Å². The van der Waals surface area contributed by atoms with Crippen LogP contribution in [-0.2, 0) is 4.74 Å². The average Bonchev–Trinajstić information content (AvgIpc) is 2.75. The van der Waals surface area contributed by atoms with E-state index in [9.17, 15) is 4.79 Å². The highest BCUT2D eigenvalue weighted by Gasteiger charge is 2.20. The summed E-state index contributed by atoms with van der Waals surface area (Å²) in [5, 5.41) is 12.2. The Labute approximate surface area is 160 Å². The molecule has 1 heterocycles. The third-order valence-electron chi connectivity index (χ3n) is 4.98. The first-order chi connectivity index (χ1) is 13.2. The molecule has 1 aliphatic heterocycles. The van der Waals surface area contributed by atoms with Crippen LogP contribution in [0.5, 0.6) is 0 Å². The predicted octanol–water partition coefficient (Wildman–Crippen LogP) is 3.07. The normalized spacial score (nSPS) is 15.7. The quantitative estimate of drug-likeness (QED) is 0.857. The third-order valence-corrected chi connectivity index (χ3v) is 4.98. The lowest BCUT2D eigenvalue weighted by Crippen LogP contribution is -2.48. The second kappa shape index (κ2) is 9.31. The lowest BCUT2D eigenvalue weighted by atomic mass is 10.0. The maximum atomic E-state index is 12.6. The standard InChI is InChI=1S/C22H25N3O2/c1-2-21(25-9-11-27-12-10-25)16-24-22(26)20-8-4-7-19(14-20)18-6-3-5-17(13-18)15-23/h3-8,13-14,21H,2,9-12,16H2,1H3,(H,24,26)/t21-/m0/s1. The van der Waals surface area contributed by atoms with Crippen molar-refractivity contribution in [3.05, 3.63) is 59.7 Å². The highest BCUT2D eigenvalue weighted by Crippen LogP contribution is 2.21. The lowest BCUT2D eigenvalue weighted by Gasteiger charge is -2.34. The van der Waals surface area contributed by atoms with Crippen LogP contribution < -0.4 is 5.32 Å². The number of hydrogen-bond donors (Lipinski definition) is 1. The summed E-state index contributed by atoms with van der Waals surface area (Å²) in [5.74, 6) is -0.0694. The number of hydrogen-bond acceptors (Lipinski definition) is 4. The van der Waals surface area contributed by atoms with E-state index in [0.29, 0.717) is 23.7 Å². The molecule has 2 aromatic rings. The number of nitrogens with zero attached hydrogens (tertiary/aromatic N) is 2. The number of carbonyl (C=O) groups excluding carboxylic acids is 1. The maximum absolute atomic E-state index is 12.6. The van der Waals surface area contributed by atoms with Crippen molar-refractivity contribution in [1.29, 1.82) is 5.26 Å². The number of amides is 1. The average molecular weight is 363 g/mol. The molecule has 1 N–H and O–H groups in total. The van der Waals surface area contributed by atoms with Crippen LogP contribution in [0.1, 0.15) is 29.3 Å². The van der Waals surface area contributed by atoms with Crippen LogP contribution in [0.2, 0.25) is 0 Å². The number of benzene rings is 2. The monoisotopic (exact) mass is 363 g/mol. The van der Waals surface area contributed by atoms with Crippen molar-refractivity contribution in [2.24, 2.45) is 0 Å². The number of morpholine rings is 1. The van der Waals surface area contributed by atoms with Gasteiger partial charge in [0.1, 0.15) is 0 Å². The summed E-state index contributed by atoms with van der Waals surface area (Å²) in [4.78, 5) is 15.0. The summed E-state index contributed by atoms with van der Waals surface area (Å²) in [6.07, 6.45) is 0.987. The van der Waals surface area contributed by atoms with Crippen molar-refractivity contribution >= 4 is 5.91 Å². The zero-order valence-electron chi connectivity index (χ0n) is 15.6. The number of carbonyl (C=O) groups is 1. The van der Waals surface area contributed by atoms with Crippen LogP contribution in [0.3, 0.4) is 0 Å². The first-order valence-electron chi connectivity index (χ1n) is 9.42. The van der Waals surface area contributed by atoms with E-state index in [2.05, 4.69) is 23.2 Å². The van der Waals surface area contributed by atoms with E-state index >= 15 is 0 Å². The minimum Gasteiger partial charge on any atom is -0.379 e. The molecule has 1 aliphatic rings. The molecule has 1 atom stereocenters. The molecule has 0 aliphatic carbocycles. The summed E-state index contributed by atoms with van der Waals surface area (Å²) >= 11 is 0. The van der Waals surface area contributed by atoms with Gasteiger partial charge in [-0.05, 0) is 41.8 Å². The van der Waals surface area contributed by atoms with Gasteiger partial charge in [-0.1, -0.05) is 31.2 Å². The molecular weight excluding hydrogens is 338 g/mol. The first kappa shape index (κ1) is 19.1. The zero-order chi connectivity index (χ0) is 19.1. The maximum Gasteiger partial charge on any atom is 0.251 e. The third kappa shape index (κ3) is 4.94. The van der Waals surface area contributed by atoms with Crippen molar-refractivity contribution < 1.29 is 9.53 Å². The first-order valence-corrected chi connectivity index (χ1v) is 9.42. The van der Waals surface area contributed by atoms with Crippen LogP contribution in [-0.4, -0.2) is 49.7 Å². The predicted molar refractivity (Wildman–Crippen MR) is 105 cm³/mol. The smallest absolute Gasteiger partial charge is 0.251 e. The fraction of sp³-hybridized carbons (Fsp3) is 0.364. The molecule has 2 aromatic carbocycles. The molecule has 0 spiro atoms. The highest BCUT2D eigenvalue weighted by atomic mass is 16.5. The van der Waals surface area contributed by atoms with Gasteiger partial charge in [-0.15, -0.1) is 0 Å². The fourth-order valence-electron chi connectivity index (χ4n) is 3.40. The molecule has 1 saturated heterocycles. The minimum atomic E-state index is -0.0694. The summed E-state index contributed by atoms with van der Waals surface area (Å²) in [5.41, 5.74) is 3.11. The molecule has 1 amide bonds. The molecular formula is C22H25N3O2. The molecule has 0 radical (unpaired) electrons. The van der Waals surface area contributed by atoms with Gasteiger partial charge < -0.3 is 10.1 Å². The summed E-state index contributed by atoms with van der Waals surface area (Å²) < 4.78 is 5.41. The van der Waals surface area contributed by atoms with Crippen LogP contribution in [0.15, 0.2) is 48.5 Å². The molecule has 0 unspecified atom stereocenters. The molecule has 1 fully saturated rings. The Morgan fingerprint density at radius 1 is 1.19 bits per heavy atom. The SMILES string of the molecule is CC[C@@H](CNC(=O)c1cccc(-c2cccc(C#N)c2)c1)N1CCOCC1. The van der Waals surface area contributed by atoms with Crippen LogP contribution >= 0.6 is 0 Å². The van der Waals surface area contributed by atoms with E-state index in [1.807, 2.05) is 42.5 Å². The van der Waals surface area contributed by atoms with E-state index < -0.39 is 0 Å². The molecule has 5 nitrogen and oxygen atoms in total. The van der Waals surface area contributed by atoms with Gasteiger partial charge in [0.25, 0.3) is 5.91 Å². The van der Waals surface area contributed by atoms with E-state index in [1.165, 1.54) is 0 Å². The van der Waals surface area contributed by atoms with E-state index in [1.54, 1.807) is 6.07 Å². The van der Waals surface area contributed by atoms with Crippen molar-refractivity contribution in [2.45, 2.75) is 19.4 Å². The fourth-order valence-corrected chi connectivity index (χ4v) is 3.40. The van der Waals surface area contributed by atoms with Gasteiger partial charge in [0, 0.05) is 31.2 Å². The van der Waals surface area contributed by atoms with Crippen LogP contribution in [0.25, 0.3) is 11.1 Å². The van der Waals surface area contributed by atoms with Gasteiger partial charge >= 0.3 is 0 Å². The van der Waals surface area contributed by atoms with Crippen LogP contribution in [0, 0.1) is 11.3 Å². The molecule has 0 aromatic heterocycles. The largest absolute Gasteiger partial charge is 0.379 e. The Morgan fingerprint density at radius 2 is 1.89 bits per heavy atom. The van der Waals surface area contributed by atoms with Crippen LogP contribution in [0.4, 0.5) is 0 Å². The molecule has 3 rings (SSSR count). The topological polar surface area (TPSA) is 65.4 Å². The Hall–Kier alpha value is -2.68. The number of nitrogens with one attached hydrogen (secondary N) is 1. The summed E-state index contributed by atoms with van der Waals surface area (Å²) in [7, 11) is 0. The highest BCUT2D eigenvalue weighted by molar-refractivity contribution is 5.95. The lowest BCUT2D eigenvalue weighted by molar-refractivity contribution is 0.0159. The number of nitriles is 1. The number of ether oxygens (including phenoxy) is 1. The minimum absolute atomic E-state index is 0.0694. The molecule has 0 saturated carbocycles. The summed E-state index contributed by atoms with van der Waals surface area (Å²) in [6, 6.07) is 17.4. The van der Waals surface area contributed by atoms with Gasteiger partial charge in [0.05, 0.1) is 24.8 Å². The second-order valence-electron chi connectivity index (χ2n) is 6.69. The van der Waals surface area contributed by atoms with Gasteiger partial charge in [-0.2, -0.15) is 5.26 Å². The van der Waals surface area contributed by atoms with Crippen molar-refractivity contribution in [2.75, 3.05) is 32.8 Å². The second-order valence-corrected chi connectivity index (χ2v) is 6.69. The Kier molecular flexibility index (Phi) is 6.59. The van der Waals surface area contributed by atoms with E-state index in [-0.39, 0.29) is 5.91 Å². The van der Waals surface area contributed by atoms with Crippen molar-refractivity contribution in [3.8, 4) is 17.2 Å². The van der Waals surface area contributed by atoms with Gasteiger partial charge in [-0.25, -0.2) is 0 Å². The Balaban J connectivity index is 1.67. The molecule has 27 heavy (non-hydrogen) atoms. The Morgan fingerprint density at radius 3 is 2.59 bits per heavy atom.